The lowest BCUT2D eigenvalue weighted by atomic mass is 10.1. The zero-order chi connectivity index (χ0) is 27.4. The Morgan fingerprint density at radius 1 is 0.973 bits per heavy atom. The van der Waals surface area contributed by atoms with E-state index in [1.807, 2.05) is 0 Å². The van der Waals surface area contributed by atoms with Crippen molar-refractivity contribution in [2.24, 2.45) is 0 Å². The Hall–Kier alpha value is -3.55. The third-order valence-electron chi connectivity index (χ3n) is 5.58. The van der Waals surface area contributed by atoms with Gasteiger partial charge in [-0.3, -0.25) is 14.5 Å². The van der Waals surface area contributed by atoms with Crippen molar-refractivity contribution in [3.8, 4) is 0 Å². The standard InChI is InChI=1S/C23H22F5N3O5S/c24-20(25)21(33)29-13-19(32)16-7-5-15(6-8-16)14-31(18-4-2-1-3-17(18)23(26,27)28)22(34)30-9-11-37(35,36)12-10-30/h1-8,20H,9-14H2,(H,29,33). The van der Waals surface area contributed by atoms with E-state index in [-0.39, 0.29) is 36.7 Å². The van der Waals surface area contributed by atoms with Crippen LogP contribution in [0.3, 0.4) is 0 Å². The first kappa shape index (κ1) is 28.0. The number of para-hydroxylation sites is 1. The molecule has 2 aromatic rings. The quantitative estimate of drug-likeness (QED) is 0.424. The van der Waals surface area contributed by atoms with Crippen LogP contribution in [0.4, 0.5) is 32.4 Å². The van der Waals surface area contributed by atoms with E-state index in [0.717, 1.165) is 21.9 Å². The molecule has 2 aromatic carbocycles. The van der Waals surface area contributed by atoms with Crippen molar-refractivity contribution < 1.29 is 44.8 Å². The van der Waals surface area contributed by atoms with Gasteiger partial charge in [-0.15, -0.1) is 0 Å². The molecule has 14 heteroatoms. The van der Waals surface area contributed by atoms with Gasteiger partial charge in [0.25, 0.3) is 5.91 Å². The number of carbonyl (C=O) groups is 3. The van der Waals surface area contributed by atoms with Crippen LogP contribution in [-0.4, -0.2) is 68.6 Å². The molecule has 1 saturated heterocycles. The maximum Gasteiger partial charge on any atom is 0.418 e. The fraction of sp³-hybridized carbons (Fsp3) is 0.348. The molecule has 1 aliphatic rings. The summed E-state index contributed by atoms with van der Waals surface area (Å²) in [4.78, 5) is 38.5. The molecule has 0 saturated carbocycles. The average molecular weight is 548 g/mol. The Labute approximate surface area is 209 Å². The van der Waals surface area contributed by atoms with Crippen molar-refractivity contribution in [2.45, 2.75) is 19.1 Å². The highest BCUT2D eigenvalue weighted by Gasteiger charge is 2.37. The van der Waals surface area contributed by atoms with Crippen LogP contribution in [-0.2, 0) is 27.4 Å². The van der Waals surface area contributed by atoms with E-state index in [9.17, 15) is 44.8 Å². The summed E-state index contributed by atoms with van der Waals surface area (Å²) in [6.45, 7) is -1.37. The minimum Gasteiger partial charge on any atom is -0.344 e. The van der Waals surface area contributed by atoms with Crippen molar-refractivity contribution in [3.05, 3.63) is 65.2 Å². The molecule has 200 valence electrons. The predicted molar refractivity (Wildman–Crippen MR) is 123 cm³/mol. The zero-order valence-corrected chi connectivity index (χ0v) is 20.0. The Kier molecular flexibility index (Phi) is 8.51. The van der Waals surface area contributed by atoms with E-state index < -0.39 is 58.0 Å². The van der Waals surface area contributed by atoms with E-state index in [2.05, 4.69) is 0 Å². The van der Waals surface area contributed by atoms with Crippen LogP contribution >= 0.6 is 0 Å². The van der Waals surface area contributed by atoms with Gasteiger partial charge in [0, 0.05) is 18.7 Å². The van der Waals surface area contributed by atoms with E-state index in [1.165, 1.54) is 36.4 Å². The van der Waals surface area contributed by atoms with Crippen molar-refractivity contribution >= 4 is 33.2 Å². The summed E-state index contributed by atoms with van der Waals surface area (Å²) in [5.74, 6) is -2.91. The summed E-state index contributed by atoms with van der Waals surface area (Å²) in [5.41, 5.74) is -1.10. The minimum absolute atomic E-state index is 0.0492. The molecule has 37 heavy (non-hydrogen) atoms. The topological polar surface area (TPSA) is 104 Å². The van der Waals surface area contributed by atoms with Gasteiger partial charge in [0.15, 0.2) is 15.6 Å². The number of alkyl halides is 5. The molecule has 0 radical (unpaired) electrons. The number of anilines is 1. The molecule has 0 bridgehead atoms. The molecule has 0 aromatic heterocycles. The van der Waals surface area contributed by atoms with E-state index in [4.69, 9.17) is 0 Å². The molecule has 1 N–H and O–H groups in total. The molecule has 0 spiro atoms. The van der Waals surface area contributed by atoms with Gasteiger partial charge >= 0.3 is 18.6 Å². The van der Waals surface area contributed by atoms with Crippen LogP contribution in [0.2, 0.25) is 0 Å². The number of Topliss-reactive ketones (excluding diaryl/α,β-unsaturated/α-hetero) is 1. The molecule has 1 aliphatic heterocycles. The third-order valence-corrected chi connectivity index (χ3v) is 7.19. The molecular weight excluding hydrogens is 525 g/mol. The van der Waals surface area contributed by atoms with Crippen molar-refractivity contribution in [1.82, 2.24) is 10.2 Å². The first-order chi connectivity index (χ1) is 17.3. The highest BCUT2D eigenvalue weighted by molar-refractivity contribution is 7.91. The third kappa shape index (κ3) is 7.24. The Balaban J connectivity index is 1.86. The van der Waals surface area contributed by atoms with Crippen LogP contribution in [0, 0.1) is 0 Å². The van der Waals surface area contributed by atoms with Crippen LogP contribution in [0.25, 0.3) is 0 Å². The lowest BCUT2D eigenvalue weighted by Crippen LogP contribution is -2.50. The lowest BCUT2D eigenvalue weighted by molar-refractivity contribution is -0.137. The second-order valence-electron chi connectivity index (χ2n) is 8.16. The number of hydrogen-bond donors (Lipinski definition) is 1. The first-order valence-corrected chi connectivity index (χ1v) is 12.7. The largest absolute Gasteiger partial charge is 0.418 e. The van der Waals surface area contributed by atoms with Gasteiger partial charge in [0.05, 0.1) is 35.8 Å². The van der Waals surface area contributed by atoms with Crippen molar-refractivity contribution in [2.75, 3.05) is 36.0 Å². The van der Waals surface area contributed by atoms with Gasteiger partial charge in [-0.05, 0) is 17.7 Å². The fourth-order valence-electron chi connectivity index (χ4n) is 3.60. The number of hydrogen-bond acceptors (Lipinski definition) is 5. The minimum atomic E-state index is -4.78. The zero-order valence-electron chi connectivity index (χ0n) is 19.2. The van der Waals surface area contributed by atoms with Gasteiger partial charge < -0.3 is 10.2 Å². The molecular formula is C23H22F5N3O5S. The monoisotopic (exact) mass is 547 g/mol. The van der Waals surface area contributed by atoms with Crippen LogP contribution in [0.15, 0.2) is 48.5 Å². The van der Waals surface area contributed by atoms with Crippen LogP contribution in [0.5, 0.6) is 0 Å². The first-order valence-electron chi connectivity index (χ1n) is 10.9. The summed E-state index contributed by atoms with van der Waals surface area (Å²) >= 11 is 0. The van der Waals surface area contributed by atoms with E-state index in [1.54, 1.807) is 5.32 Å². The second kappa shape index (κ2) is 11.2. The number of rotatable bonds is 7. The average Bonchev–Trinajstić information content (AvgIpc) is 2.85. The number of benzene rings is 2. The number of nitrogens with zero attached hydrogens (tertiary/aromatic N) is 2. The summed E-state index contributed by atoms with van der Waals surface area (Å²) in [7, 11) is -3.35. The lowest BCUT2D eigenvalue weighted by Gasteiger charge is -2.34. The predicted octanol–water partition coefficient (Wildman–Crippen LogP) is 3.13. The molecule has 3 rings (SSSR count). The number of halogens is 5. The molecule has 0 unspecified atom stereocenters. The molecule has 3 amide bonds. The Morgan fingerprint density at radius 3 is 2.14 bits per heavy atom. The summed E-state index contributed by atoms with van der Waals surface area (Å²) < 4.78 is 89.2. The van der Waals surface area contributed by atoms with Gasteiger partial charge in [0.2, 0.25) is 0 Å². The smallest absolute Gasteiger partial charge is 0.344 e. The number of sulfone groups is 1. The van der Waals surface area contributed by atoms with Gasteiger partial charge in [-0.1, -0.05) is 36.4 Å². The molecule has 1 fully saturated rings. The van der Waals surface area contributed by atoms with Gasteiger partial charge in [0.1, 0.15) is 0 Å². The number of urea groups is 1. The Bertz CT molecular complexity index is 1250. The van der Waals surface area contributed by atoms with Crippen LogP contribution in [0.1, 0.15) is 21.5 Å². The number of carbonyl (C=O) groups excluding carboxylic acids is 3. The van der Waals surface area contributed by atoms with Crippen LogP contribution < -0.4 is 10.2 Å². The van der Waals surface area contributed by atoms with Crippen molar-refractivity contribution in [1.29, 1.82) is 0 Å². The van der Waals surface area contributed by atoms with Crippen molar-refractivity contribution in [3.63, 3.8) is 0 Å². The maximum atomic E-state index is 13.7. The molecule has 0 atom stereocenters. The Morgan fingerprint density at radius 2 is 1.57 bits per heavy atom. The second-order valence-corrected chi connectivity index (χ2v) is 10.5. The normalized spacial score (nSPS) is 15.4. The summed E-state index contributed by atoms with van der Waals surface area (Å²) in [5, 5.41) is 1.78. The van der Waals surface area contributed by atoms with E-state index in [0.29, 0.717) is 5.56 Å². The SMILES string of the molecule is O=C(CNC(=O)C(F)F)c1ccc(CN(C(=O)N2CCS(=O)(=O)CC2)c2ccccc2C(F)(F)F)cc1. The molecule has 8 nitrogen and oxygen atoms in total. The van der Waals surface area contributed by atoms with Gasteiger partial charge in [-0.2, -0.15) is 22.0 Å². The molecule has 0 aliphatic carbocycles. The highest BCUT2D eigenvalue weighted by atomic mass is 32.2. The molecule has 1 heterocycles. The van der Waals surface area contributed by atoms with Gasteiger partial charge in [-0.25, -0.2) is 13.2 Å². The summed E-state index contributed by atoms with van der Waals surface area (Å²) in [6.07, 6.45) is -8.06. The van der Waals surface area contributed by atoms with E-state index >= 15 is 0 Å². The number of nitrogens with one attached hydrogen (secondary N) is 1. The number of ketones is 1. The summed E-state index contributed by atoms with van der Waals surface area (Å²) in [6, 6.07) is 8.98. The highest BCUT2D eigenvalue weighted by Crippen LogP contribution is 2.37. The fourth-order valence-corrected chi connectivity index (χ4v) is 4.81. The number of amides is 3. The maximum absolute atomic E-state index is 13.7.